The number of aromatic nitrogens is 2. The molecule has 0 saturated carbocycles. The van der Waals surface area contributed by atoms with E-state index in [1.165, 1.54) is 0 Å². The fourth-order valence-electron chi connectivity index (χ4n) is 0.312. The lowest BCUT2D eigenvalue weighted by atomic mass is 10.8. The van der Waals surface area contributed by atoms with Crippen LogP contribution in [0.2, 0.25) is 0 Å². The number of hydrogen-bond donors (Lipinski definition) is 1. The van der Waals surface area contributed by atoms with E-state index in [0.717, 1.165) is 0 Å². The molecule has 1 heterocycles. The Morgan fingerprint density at radius 2 is 1.89 bits per heavy atom. The van der Waals surface area contributed by atoms with Gasteiger partial charge in [-0.05, 0) is 0 Å². The summed E-state index contributed by atoms with van der Waals surface area (Å²) < 4.78 is 4.64. The molecule has 0 fully saturated rings. The second kappa shape index (κ2) is 3.88. The summed E-state index contributed by atoms with van der Waals surface area (Å²) in [5.41, 5.74) is 5.04. The molecule has 0 spiro atoms. The van der Waals surface area contributed by atoms with Crippen LogP contribution in [0.1, 0.15) is 19.7 Å². The Bertz CT molecular complexity index is 144. The van der Waals surface area contributed by atoms with Gasteiger partial charge in [0.1, 0.15) is 0 Å². The summed E-state index contributed by atoms with van der Waals surface area (Å²) in [5, 5.41) is 6.85. The van der Waals surface area contributed by atoms with Crippen molar-refractivity contribution in [2.24, 2.45) is 0 Å². The van der Waals surface area contributed by atoms with Crippen molar-refractivity contribution >= 4 is 6.01 Å². The summed E-state index contributed by atoms with van der Waals surface area (Å²) in [5.74, 6) is 0.498. The lowest BCUT2D eigenvalue weighted by molar-refractivity contribution is 0.537. The molecule has 0 radical (unpaired) electrons. The highest BCUT2D eigenvalue weighted by Crippen LogP contribution is 1.95. The van der Waals surface area contributed by atoms with Crippen molar-refractivity contribution in [3.63, 3.8) is 0 Å². The molecule has 4 nitrogen and oxygen atoms in total. The van der Waals surface area contributed by atoms with E-state index < -0.39 is 0 Å². The van der Waals surface area contributed by atoms with E-state index in [4.69, 9.17) is 5.73 Å². The molecule has 0 aliphatic heterocycles. The molecule has 0 aliphatic rings. The van der Waals surface area contributed by atoms with Crippen LogP contribution in [0.15, 0.2) is 4.42 Å². The second-order valence-electron chi connectivity index (χ2n) is 1.16. The summed E-state index contributed by atoms with van der Waals surface area (Å²) in [4.78, 5) is 0. The van der Waals surface area contributed by atoms with Crippen molar-refractivity contribution < 1.29 is 4.42 Å². The van der Waals surface area contributed by atoms with Crippen LogP contribution in [0.5, 0.6) is 0 Å². The third-order valence-corrected chi connectivity index (χ3v) is 0.542. The van der Waals surface area contributed by atoms with Crippen LogP contribution in [0.25, 0.3) is 0 Å². The standard InChI is InChI=1S/C3H5N3O.C2H6/c1-2-5-6-3(4)7-2;1-2/h1H3,(H2,4,6);1-2H3. The number of aryl methyl sites for hydroxylation is 1. The average molecular weight is 129 g/mol. The maximum atomic E-state index is 5.04. The number of rotatable bonds is 0. The minimum atomic E-state index is 0.123. The summed E-state index contributed by atoms with van der Waals surface area (Å²) in [7, 11) is 0. The van der Waals surface area contributed by atoms with Gasteiger partial charge >= 0.3 is 6.01 Å². The molecular weight excluding hydrogens is 118 g/mol. The molecule has 9 heavy (non-hydrogen) atoms. The number of nitrogens with zero attached hydrogens (tertiary/aromatic N) is 2. The first-order chi connectivity index (χ1) is 4.29. The van der Waals surface area contributed by atoms with Gasteiger partial charge in [0.15, 0.2) is 0 Å². The van der Waals surface area contributed by atoms with E-state index >= 15 is 0 Å². The predicted octanol–water partition coefficient (Wildman–Crippen LogP) is 0.986. The molecular formula is C5H11N3O. The quantitative estimate of drug-likeness (QED) is 0.567. The van der Waals surface area contributed by atoms with Crippen LogP contribution in [0, 0.1) is 6.92 Å². The predicted molar refractivity (Wildman–Crippen MR) is 34.8 cm³/mol. The summed E-state index contributed by atoms with van der Waals surface area (Å²) in [6, 6.07) is 0.123. The molecule has 1 rings (SSSR count). The highest BCUT2D eigenvalue weighted by molar-refractivity contribution is 5.03. The topological polar surface area (TPSA) is 64.9 Å². The molecule has 4 heteroatoms. The Hall–Kier alpha value is -1.06. The van der Waals surface area contributed by atoms with Gasteiger partial charge in [-0.15, -0.1) is 5.10 Å². The van der Waals surface area contributed by atoms with E-state index in [2.05, 4.69) is 14.6 Å². The van der Waals surface area contributed by atoms with Crippen LogP contribution in [0.3, 0.4) is 0 Å². The number of nitrogens with two attached hydrogens (primary N) is 1. The van der Waals surface area contributed by atoms with Gasteiger partial charge in [-0.25, -0.2) is 0 Å². The first-order valence-electron chi connectivity index (χ1n) is 2.84. The lowest BCUT2D eigenvalue weighted by Crippen LogP contribution is -1.81. The van der Waals surface area contributed by atoms with Crippen LogP contribution in [-0.4, -0.2) is 10.2 Å². The van der Waals surface area contributed by atoms with E-state index in [1.807, 2.05) is 13.8 Å². The zero-order valence-electron chi connectivity index (χ0n) is 5.88. The molecule has 2 N–H and O–H groups in total. The molecule has 0 unspecified atom stereocenters. The van der Waals surface area contributed by atoms with Gasteiger partial charge in [0, 0.05) is 6.92 Å². The highest BCUT2D eigenvalue weighted by Gasteiger charge is 1.90. The summed E-state index contributed by atoms with van der Waals surface area (Å²) >= 11 is 0. The fourth-order valence-corrected chi connectivity index (χ4v) is 0.312. The Kier molecular flexibility index (Phi) is 3.43. The zero-order chi connectivity index (χ0) is 7.28. The number of anilines is 1. The molecule has 0 amide bonds. The van der Waals surface area contributed by atoms with Crippen molar-refractivity contribution in [2.45, 2.75) is 20.8 Å². The maximum Gasteiger partial charge on any atom is 0.312 e. The van der Waals surface area contributed by atoms with Crippen LogP contribution in [0.4, 0.5) is 6.01 Å². The van der Waals surface area contributed by atoms with Crippen molar-refractivity contribution in [3.8, 4) is 0 Å². The van der Waals surface area contributed by atoms with E-state index in [1.54, 1.807) is 6.92 Å². The Balaban J connectivity index is 0.000000291. The SMILES string of the molecule is CC.Cc1nnc(N)o1. The highest BCUT2D eigenvalue weighted by atomic mass is 16.4. The third-order valence-electron chi connectivity index (χ3n) is 0.542. The monoisotopic (exact) mass is 129 g/mol. The van der Waals surface area contributed by atoms with Crippen molar-refractivity contribution in [1.29, 1.82) is 0 Å². The number of hydrogen-bond acceptors (Lipinski definition) is 4. The molecule has 1 aromatic heterocycles. The molecule has 0 bridgehead atoms. The van der Waals surface area contributed by atoms with Gasteiger partial charge < -0.3 is 10.2 Å². The van der Waals surface area contributed by atoms with Gasteiger partial charge in [-0.2, -0.15) is 0 Å². The maximum absolute atomic E-state index is 5.04. The normalized spacial score (nSPS) is 7.89. The minimum absolute atomic E-state index is 0.123. The summed E-state index contributed by atoms with van der Waals surface area (Å²) in [6.45, 7) is 5.68. The third kappa shape index (κ3) is 2.69. The van der Waals surface area contributed by atoms with Gasteiger partial charge in [0.25, 0.3) is 0 Å². The molecule has 0 saturated heterocycles. The molecule has 1 aromatic rings. The smallest absolute Gasteiger partial charge is 0.312 e. The molecule has 0 aliphatic carbocycles. The molecule has 0 aromatic carbocycles. The molecule has 0 atom stereocenters. The van der Waals surface area contributed by atoms with Gasteiger partial charge in [-0.1, -0.05) is 18.9 Å². The lowest BCUT2D eigenvalue weighted by Gasteiger charge is -1.70. The van der Waals surface area contributed by atoms with Crippen molar-refractivity contribution in [1.82, 2.24) is 10.2 Å². The zero-order valence-corrected chi connectivity index (χ0v) is 5.88. The average Bonchev–Trinajstić information content (AvgIpc) is 2.20. The van der Waals surface area contributed by atoms with Gasteiger partial charge in [0.05, 0.1) is 0 Å². The second-order valence-corrected chi connectivity index (χ2v) is 1.16. The van der Waals surface area contributed by atoms with Crippen LogP contribution < -0.4 is 5.73 Å². The van der Waals surface area contributed by atoms with Crippen molar-refractivity contribution in [3.05, 3.63) is 5.89 Å². The first-order valence-corrected chi connectivity index (χ1v) is 2.84. The van der Waals surface area contributed by atoms with Gasteiger partial charge in [0.2, 0.25) is 5.89 Å². The minimum Gasteiger partial charge on any atom is -0.409 e. The van der Waals surface area contributed by atoms with Crippen LogP contribution in [-0.2, 0) is 0 Å². The fraction of sp³-hybridized carbons (Fsp3) is 0.600. The Morgan fingerprint density at radius 1 is 1.33 bits per heavy atom. The number of nitrogen functional groups attached to an aromatic ring is 1. The van der Waals surface area contributed by atoms with Gasteiger partial charge in [-0.3, -0.25) is 0 Å². The van der Waals surface area contributed by atoms with Crippen molar-refractivity contribution in [2.75, 3.05) is 5.73 Å². The largest absolute Gasteiger partial charge is 0.409 e. The first kappa shape index (κ1) is 7.94. The Labute approximate surface area is 54.1 Å². The summed E-state index contributed by atoms with van der Waals surface area (Å²) in [6.07, 6.45) is 0. The Morgan fingerprint density at radius 3 is 2.00 bits per heavy atom. The van der Waals surface area contributed by atoms with Crippen LogP contribution >= 0.6 is 0 Å². The van der Waals surface area contributed by atoms with E-state index in [0.29, 0.717) is 5.89 Å². The van der Waals surface area contributed by atoms with E-state index in [9.17, 15) is 0 Å². The molecule has 52 valence electrons. The van der Waals surface area contributed by atoms with E-state index in [-0.39, 0.29) is 6.01 Å².